The van der Waals surface area contributed by atoms with Gasteiger partial charge in [0.25, 0.3) is 0 Å². The second kappa shape index (κ2) is 11.0. The second-order valence-corrected chi connectivity index (χ2v) is 7.40. The first kappa shape index (κ1) is 22.1. The zero-order chi connectivity index (χ0) is 21.2. The van der Waals surface area contributed by atoms with Crippen molar-refractivity contribution in [3.8, 4) is 5.75 Å². The van der Waals surface area contributed by atoms with Crippen molar-refractivity contribution in [3.63, 3.8) is 0 Å². The van der Waals surface area contributed by atoms with Gasteiger partial charge in [0, 0.05) is 6.42 Å². The van der Waals surface area contributed by atoms with E-state index in [1.165, 1.54) is 0 Å². The third kappa shape index (κ3) is 7.41. The predicted molar refractivity (Wildman–Crippen MR) is 111 cm³/mol. The van der Waals surface area contributed by atoms with Crippen LogP contribution >= 0.6 is 0 Å². The molecule has 0 aliphatic heterocycles. The Balaban J connectivity index is 1.90. The summed E-state index contributed by atoms with van der Waals surface area (Å²) in [5, 5.41) is 14.8. The molecule has 0 spiro atoms. The molecule has 2 aromatic carbocycles. The number of benzene rings is 2. The van der Waals surface area contributed by atoms with Gasteiger partial charge in [0.2, 0.25) is 11.8 Å². The van der Waals surface area contributed by atoms with E-state index in [2.05, 4.69) is 10.6 Å². The lowest BCUT2D eigenvalue weighted by Gasteiger charge is -2.23. The highest BCUT2D eigenvalue weighted by atomic mass is 16.3. The Morgan fingerprint density at radius 3 is 2.21 bits per heavy atom. The molecule has 3 N–H and O–H groups in total. The molecule has 0 aliphatic carbocycles. The average molecular weight is 396 g/mol. The van der Waals surface area contributed by atoms with Gasteiger partial charge in [-0.25, -0.2) is 0 Å². The maximum atomic E-state index is 12.7. The summed E-state index contributed by atoms with van der Waals surface area (Å²) in [4.78, 5) is 36.4. The van der Waals surface area contributed by atoms with Crippen LogP contribution in [0.5, 0.6) is 5.75 Å². The average Bonchev–Trinajstić information content (AvgIpc) is 2.71. The minimum absolute atomic E-state index is 0.128. The quantitative estimate of drug-likeness (QED) is 0.538. The van der Waals surface area contributed by atoms with E-state index >= 15 is 0 Å². The molecule has 0 radical (unpaired) electrons. The van der Waals surface area contributed by atoms with Crippen molar-refractivity contribution < 1.29 is 19.5 Å². The smallest absolute Gasteiger partial charge is 0.243 e. The van der Waals surface area contributed by atoms with E-state index in [-0.39, 0.29) is 29.9 Å². The summed E-state index contributed by atoms with van der Waals surface area (Å²) in [6.45, 7) is 3.69. The monoisotopic (exact) mass is 396 g/mol. The SMILES string of the molecule is CC(C)C(NC(=O)CCc1ccc(O)cc1)C(=O)NC(C=O)Cc1ccccc1. The fourth-order valence-corrected chi connectivity index (χ4v) is 2.97. The summed E-state index contributed by atoms with van der Waals surface area (Å²) in [7, 11) is 0. The number of hydrogen-bond acceptors (Lipinski definition) is 4. The molecular formula is C23H28N2O4. The van der Waals surface area contributed by atoms with Gasteiger partial charge in [-0.15, -0.1) is 0 Å². The molecule has 154 valence electrons. The van der Waals surface area contributed by atoms with Gasteiger partial charge < -0.3 is 20.5 Å². The topological polar surface area (TPSA) is 95.5 Å². The summed E-state index contributed by atoms with van der Waals surface area (Å²) >= 11 is 0. The molecule has 6 heteroatoms. The number of amides is 2. The van der Waals surface area contributed by atoms with Crippen LogP contribution in [-0.4, -0.2) is 35.3 Å². The van der Waals surface area contributed by atoms with Crippen LogP contribution in [0.1, 0.15) is 31.4 Å². The van der Waals surface area contributed by atoms with Crippen LogP contribution in [0.25, 0.3) is 0 Å². The number of phenols is 1. The summed E-state index contributed by atoms with van der Waals surface area (Å²) < 4.78 is 0. The molecule has 0 saturated carbocycles. The number of hydrogen-bond donors (Lipinski definition) is 3. The summed E-state index contributed by atoms with van der Waals surface area (Å²) in [6.07, 6.45) is 1.84. The van der Waals surface area contributed by atoms with Crippen LogP contribution in [0.2, 0.25) is 0 Å². The van der Waals surface area contributed by atoms with Crippen molar-refractivity contribution in [2.75, 3.05) is 0 Å². The van der Waals surface area contributed by atoms with E-state index in [1.54, 1.807) is 24.3 Å². The maximum Gasteiger partial charge on any atom is 0.243 e. The van der Waals surface area contributed by atoms with E-state index in [0.717, 1.165) is 17.4 Å². The maximum absolute atomic E-state index is 12.7. The molecule has 2 aromatic rings. The van der Waals surface area contributed by atoms with Crippen molar-refractivity contribution in [2.45, 2.75) is 45.2 Å². The van der Waals surface area contributed by atoms with Crippen LogP contribution < -0.4 is 10.6 Å². The molecule has 0 fully saturated rings. The first-order valence-electron chi connectivity index (χ1n) is 9.76. The van der Waals surface area contributed by atoms with Crippen LogP contribution in [-0.2, 0) is 27.2 Å². The molecule has 6 nitrogen and oxygen atoms in total. The molecule has 2 rings (SSSR count). The van der Waals surface area contributed by atoms with Crippen molar-refractivity contribution >= 4 is 18.1 Å². The van der Waals surface area contributed by atoms with Crippen LogP contribution in [0.15, 0.2) is 54.6 Å². The van der Waals surface area contributed by atoms with E-state index in [0.29, 0.717) is 12.8 Å². The summed E-state index contributed by atoms with van der Waals surface area (Å²) in [5.41, 5.74) is 1.87. The molecule has 0 bridgehead atoms. The molecule has 29 heavy (non-hydrogen) atoms. The lowest BCUT2D eigenvalue weighted by Crippen LogP contribution is -2.52. The normalized spacial score (nSPS) is 12.8. The fourth-order valence-electron chi connectivity index (χ4n) is 2.97. The third-order valence-corrected chi connectivity index (χ3v) is 4.63. The zero-order valence-corrected chi connectivity index (χ0v) is 16.8. The highest BCUT2D eigenvalue weighted by molar-refractivity contribution is 5.89. The van der Waals surface area contributed by atoms with Gasteiger partial charge in [-0.2, -0.15) is 0 Å². The molecule has 0 aliphatic rings. The first-order valence-corrected chi connectivity index (χ1v) is 9.76. The van der Waals surface area contributed by atoms with Crippen molar-refractivity contribution in [1.82, 2.24) is 10.6 Å². The molecule has 2 atom stereocenters. The number of aldehydes is 1. The standard InChI is InChI=1S/C23H28N2O4/c1-16(2)22(25-21(28)13-10-17-8-11-20(27)12-9-17)23(29)24-19(15-26)14-18-6-4-3-5-7-18/h3-9,11-12,15-16,19,22,27H,10,13-14H2,1-2H3,(H,24,29)(H,25,28). The van der Waals surface area contributed by atoms with Crippen LogP contribution in [0, 0.1) is 5.92 Å². The molecule has 2 unspecified atom stereocenters. The zero-order valence-electron chi connectivity index (χ0n) is 16.8. The number of phenolic OH excluding ortho intramolecular Hbond substituents is 1. The van der Waals surface area contributed by atoms with Gasteiger partial charge in [-0.3, -0.25) is 9.59 Å². The van der Waals surface area contributed by atoms with Crippen molar-refractivity contribution in [1.29, 1.82) is 0 Å². The van der Waals surface area contributed by atoms with Gasteiger partial charge in [-0.05, 0) is 42.0 Å². The Hall–Kier alpha value is -3.15. The van der Waals surface area contributed by atoms with Gasteiger partial charge in [-0.1, -0.05) is 56.3 Å². The fraction of sp³-hybridized carbons (Fsp3) is 0.348. The van der Waals surface area contributed by atoms with Gasteiger partial charge >= 0.3 is 0 Å². The molecule has 2 amide bonds. The van der Waals surface area contributed by atoms with E-state index < -0.39 is 12.1 Å². The third-order valence-electron chi connectivity index (χ3n) is 4.63. The summed E-state index contributed by atoms with van der Waals surface area (Å²) in [5.74, 6) is -0.560. The number of carbonyl (C=O) groups excluding carboxylic acids is 3. The Morgan fingerprint density at radius 2 is 1.62 bits per heavy atom. The van der Waals surface area contributed by atoms with Gasteiger partial charge in [0.15, 0.2) is 0 Å². The largest absolute Gasteiger partial charge is 0.508 e. The van der Waals surface area contributed by atoms with E-state index in [9.17, 15) is 19.5 Å². The number of aryl methyl sites for hydroxylation is 1. The van der Waals surface area contributed by atoms with Crippen molar-refractivity contribution in [3.05, 3.63) is 65.7 Å². The Morgan fingerprint density at radius 1 is 0.966 bits per heavy atom. The second-order valence-electron chi connectivity index (χ2n) is 7.40. The Kier molecular flexibility index (Phi) is 8.40. The molecule has 0 saturated heterocycles. The van der Waals surface area contributed by atoms with E-state index in [4.69, 9.17) is 0 Å². The van der Waals surface area contributed by atoms with Gasteiger partial charge in [0.1, 0.15) is 18.1 Å². The minimum Gasteiger partial charge on any atom is -0.508 e. The van der Waals surface area contributed by atoms with Gasteiger partial charge in [0.05, 0.1) is 6.04 Å². The Labute approximate surface area is 171 Å². The highest BCUT2D eigenvalue weighted by Crippen LogP contribution is 2.11. The van der Waals surface area contributed by atoms with Crippen LogP contribution in [0.4, 0.5) is 0 Å². The Bertz CT molecular complexity index is 803. The molecular weight excluding hydrogens is 368 g/mol. The highest BCUT2D eigenvalue weighted by Gasteiger charge is 2.26. The molecule has 0 aromatic heterocycles. The summed E-state index contributed by atoms with van der Waals surface area (Å²) in [6, 6.07) is 14.7. The lowest BCUT2D eigenvalue weighted by molar-refractivity contribution is -0.131. The lowest BCUT2D eigenvalue weighted by atomic mass is 10.0. The number of rotatable bonds is 10. The van der Waals surface area contributed by atoms with E-state index in [1.807, 2.05) is 44.2 Å². The van der Waals surface area contributed by atoms with Crippen LogP contribution in [0.3, 0.4) is 0 Å². The number of aromatic hydroxyl groups is 1. The number of carbonyl (C=O) groups is 3. The predicted octanol–water partition coefficient (Wildman–Crippen LogP) is 2.39. The van der Waals surface area contributed by atoms with Crippen molar-refractivity contribution in [2.24, 2.45) is 5.92 Å². The number of nitrogens with one attached hydrogen (secondary N) is 2. The first-order chi connectivity index (χ1) is 13.9. The minimum atomic E-state index is -0.722. The molecule has 0 heterocycles.